The average Bonchev–Trinajstić information content (AvgIpc) is 3.57. The van der Waals surface area contributed by atoms with Crippen molar-refractivity contribution in [1.29, 1.82) is 5.26 Å². The molecule has 0 aliphatic heterocycles. The maximum absolute atomic E-state index is 13.6. The van der Waals surface area contributed by atoms with Crippen LogP contribution in [0.25, 0.3) is 11.6 Å². The van der Waals surface area contributed by atoms with Crippen molar-refractivity contribution < 1.29 is 36.6 Å². The molecule has 2 heterocycles. The predicted molar refractivity (Wildman–Crippen MR) is 144 cm³/mol. The Hall–Kier alpha value is -4.96. The number of anilines is 1. The fraction of sp³-hybridized carbons (Fsp3) is 0.179. The highest BCUT2D eigenvalue weighted by atomic mass is 32.1. The van der Waals surface area contributed by atoms with Crippen molar-refractivity contribution >= 4 is 34.6 Å². The molecule has 1 N–H and O–H groups in total. The maximum atomic E-state index is 13.6. The zero-order valence-electron chi connectivity index (χ0n) is 21.9. The fourth-order valence-corrected chi connectivity index (χ4v) is 5.04. The number of nitriles is 1. The fourth-order valence-electron chi connectivity index (χ4n) is 3.95. The molecule has 0 aliphatic rings. The first kappa shape index (κ1) is 29.0. The highest BCUT2D eigenvalue weighted by Gasteiger charge is 2.30. The molecule has 0 atom stereocenters. The van der Waals surface area contributed by atoms with Gasteiger partial charge >= 0.3 is 6.18 Å². The van der Waals surface area contributed by atoms with Crippen molar-refractivity contribution in [2.45, 2.75) is 12.7 Å². The number of amides is 1. The Bertz CT molecular complexity index is 1800. The molecule has 0 saturated carbocycles. The molecular weight excluding hydrogens is 563 g/mol. The topological polar surface area (TPSA) is 116 Å². The molecule has 2 aromatic heterocycles. The summed E-state index contributed by atoms with van der Waals surface area (Å²) in [7, 11) is 4.31. The van der Waals surface area contributed by atoms with E-state index < -0.39 is 28.8 Å². The van der Waals surface area contributed by atoms with Gasteiger partial charge in [0.05, 0.1) is 44.2 Å². The number of nitrogens with one attached hydrogen (secondary N) is 1. The number of thiazole rings is 1. The van der Waals surface area contributed by atoms with Crippen LogP contribution in [0.2, 0.25) is 0 Å². The van der Waals surface area contributed by atoms with Crippen molar-refractivity contribution in [2.24, 2.45) is 0 Å². The number of aromatic nitrogens is 1. The van der Waals surface area contributed by atoms with Gasteiger partial charge in [0.1, 0.15) is 16.5 Å². The Morgan fingerprint density at radius 2 is 1.85 bits per heavy atom. The lowest BCUT2D eigenvalue weighted by Crippen LogP contribution is -2.33. The van der Waals surface area contributed by atoms with Crippen LogP contribution in [-0.4, -0.2) is 31.8 Å². The third-order valence-electron chi connectivity index (χ3n) is 5.82. The second-order valence-corrected chi connectivity index (χ2v) is 9.36. The average molecular weight is 586 g/mol. The van der Waals surface area contributed by atoms with Gasteiger partial charge in [0, 0.05) is 11.3 Å². The van der Waals surface area contributed by atoms with Crippen LogP contribution < -0.4 is 34.3 Å². The third-order valence-corrected chi connectivity index (χ3v) is 6.95. The second-order valence-electron chi connectivity index (χ2n) is 8.33. The van der Waals surface area contributed by atoms with Crippen molar-refractivity contribution in [3.63, 3.8) is 0 Å². The Kier molecular flexibility index (Phi) is 8.53. The van der Waals surface area contributed by atoms with Gasteiger partial charge < -0.3 is 23.9 Å². The van der Waals surface area contributed by atoms with Gasteiger partial charge in [0.15, 0.2) is 17.1 Å². The third kappa shape index (κ3) is 6.12. The van der Waals surface area contributed by atoms with Gasteiger partial charge in [0.2, 0.25) is 5.75 Å². The lowest BCUT2D eigenvalue weighted by Gasteiger charge is -2.13. The molecule has 0 spiro atoms. The predicted octanol–water partition coefficient (Wildman–Crippen LogP) is 3.74. The highest BCUT2D eigenvalue weighted by Crippen LogP contribution is 2.40. The van der Waals surface area contributed by atoms with Crippen molar-refractivity contribution in [1.82, 2.24) is 4.57 Å². The summed E-state index contributed by atoms with van der Waals surface area (Å²) in [5, 5.41) is 12.3. The molecule has 4 aromatic rings. The Morgan fingerprint density at radius 3 is 2.46 bits per heavy atom. The van der Waals surface area contributed by atoms with E-state index in [4.69, 9.17) is 18.6 Å². The smallest absolute Gasteiger partial charge is 0.416 e. The summed E-state index contributed by atoms with van der Waals surface area (Å²) in [6.07, 6.45) is -1.71. The Labute approximate surface area is 234 Å². The zero-order valence-corrected chi connectivity index (χ0v) is 22.7. The van der Waals surface area contributed by atoms with E-state index in [0.29, 0.717) is 22.8 Å². The van der Waals surface area contributed by atoms with E-state index in [2.05, 4.69) is 5.32 Å². The quantitative estimate of drug-likeness (QED) is 0.335. The second kappa shape index (κ2) is 12.1. The lowest BCUT2D eigenvalue weighted by atomic mass is 10.1. The number of furan rings is 1. The number of hydrogen-bond acceptors (Lipinski definition) is 8. The first-order valence-corrected chi connectivity index (χ1v) is 12.6. The molecule has 9 nitrogen and oxygen atoms in total. The summed E-state index contributed by atoms with van der Waals surface area (Å²) in [4.78, 5) is 26.7. The van der Waals surface area contributed by atoms with Crippen LogP contribution >= 0.6 is 11.3 Å². The van der Waals surface area contributed by atoms with Crippen LogP contribution in [0.3, 0.4) is 0 Å². The van der Waals surface area contributed by atoms with Gasteiger partial charge in [-0.25, -0.2) is 0 Å². The van der Waals surface area contributed by atoms with Crippen molar-refractivity contribution in [3.05, 3.63) is 91.2 Å². The Balaban J connectivity index is 1.91. The number of alkyl halides is 3. The van der Waals surface area contributed by atoms with E-state index >= 15 is 0 Å². The van der Waals surface area contributed by atoms with Crippen LogP contribution in [0.5, 0.6) is 17.2 Å². The molecule has 212 valence electrons. The van der Waals surface area contributed by atoms with Crippen LogP contribution in [0.15, 0.2) is 64.0 Å². The Morgan fingerprint density at radius 1 is 1.10 bits per heavy atom. The van der Waals surface area contributed by atoms with Crippen LogP contribution in [0.1, 0.15) is 16.9 Å². The molecule has 1 amide bonds. The summed E-state index contributed by atoms with van der Waals surface area (Å²) >= 11 is 0.850. The van der Waals surface area contributed by atoms with E-state index in [1.807, 2.05) is 0 Å². The number of rotatable bonds is 8. The normalized spacial score (nSPS) is 12.5. The molecule has 0 saturated heterocycles. The summed E-state index contributed by atoms with van der Waals surface area (Å²) in [5.41, 5.74) is -1.71. The van der Waals surface area contributed by atoms with Gasteiger partial charge in [-0.2, -0.15) is 18.4 Å². The first-order chi connectivity index (χ1) is 19.6. The highest BCUT2D eigenvalue weighted by molar-refractivity contribution is 7.07. The molecule has 0 radical (unpaired) electrons. The SMILES string of the molecule is COc1ccc(/C=c2\s/c(=C(/C#N)C(=O)Nc3cccc(C(F)(F)F)c3)n(Cc3ccco3)c2=O)c(OC)c1OC. The lowest BCUT2D eigenvalue weighted by molar-refractivity contribution is -0.137. The van der Waals surface area contributed by atoms with Crippen LogP contribution in [0.4, 0.5) is 18.9 Å². The van der Waals surface area contributed by atoms with Gasteiger partial charge in [-0.3, -0.25) is 14.2 Å². The number of carbonyl (C=O) groups excluding carboxylic acids is 1. The molecule has 2 aromatic carbocycles. The minimum Gasteiger partial charge on any atom is -0.493 e. The molecule has 0 fully saturated rings. The minimum atomic E-state index is -4.63. The minimum absolute atomic E-state index is 0.0240. The van der Waals surface area contributed by atoms with Gasteiger partial charge in [-0.15, -0.1) is 11.3 Å². The number of ether oxygens (including phenoxy) is 3. The zero-order chi connectivity index (χ0) is 29.7. The summed E-state index contributed by atoms with van der Waals surface area (Å²) in [5.74, 6) is 0.357. The summed E-state index contributed by atoms with van der Waals surface area (Å²) in [6, 6.07) is 12.3. The number of hydrogen-bond donors (Lipinski definition) is 1. The van der Waals surface area contributed by atoms with Gasteiger partial charge in [0.25, 0.3) is 11.5 Å². The van der Waals surface area contributed by atoms with Crippen LogP contribution in [-0.2, 0) is 17.5 Å². The van der Waals surface area contributed by atoms with Crippen LogP contribution in [0, 0.1) is 11.3 Å². The molecule has 41 heavy (non-hydrogen) atoms. The van der Waals surface area contributed by atoms with Crippen molar-refractivity contribution in [3.8, 4) is 23.3 Å². The summed E-state index contributed by atoms with van der Waals surface area (Å²) < 4.78 is 62.3. The molecule has 0 unspecified atom stereocenters. The molecular formula is C28H22F3N3O6S. The first-order valence-electron chi connectivity index (χ1n) is 11.8. The molecule has 0 aliphatic carbocycles. The standard InChI is InChI=1S/C28H22F3N3O6S/c1-37-21-10-9-16(23(38-2)24(21)39-3)12-22-26(36)34(15-19-8-5-11-40-19)27(41-22)20(14-32)25(35)33-18-7-4-6-17(13-18)28(29,30)31/h4-13H,15H2,1-3H3,(H,33,35)/b22-12-,27-20-. The number of methoxy groups -OCH3 is 3. The monoisotopic (exact) mass is 585 g/mol. The van der Waals surface area contributed by atoms with Crippen molar-refractivity contribution in [2.75, 3.05) is 26.6 Å². The van der Waals surface area contributed by atoms with E-state index in [1.54, 1.807) is 30.3 Å². The molecule has 0 bridgehead atoms. The molecule has 4 rings (SSSR count). The molecule has 13 heteroatoms. The van der Waals surface area contributed by atoms with E-state index in [0.717, 1.165) is 29.5 Å². The van der Waals surface area contributed by atoms with E-state index in [-0.39, 0.29) is 27.2 Å². The summed E-state index contributed by atoms with van der Waals surface area (Å²) in [6.45, 7) is -0.114. The number of halogens is 3. The number of carbonyl (C=O) groups is 1. The van der Waals surface area contributed by atoms with Gasteiger partial charge in [-0.05, 0) is 48.5 Å². The maximum Gasteiger partial charge on any atom is 0.416 e. The largest absolute Gasteiger partial charge is 0.493 e. The number of benzene rings is 2. The van der Waals surface area contributed by atoms with E-state index in [1.165, 1.54) is 44.3 Å². The number of nitrogens with zero attached hydrogens (tertiary/aromatic N) is 2. The van der Waals surface area contributed by atoms with E-state index in [9.17, 15) is 28.0 Å². The van der Waals surface area contributed by atoms with Gasteiger partial charge in [-0.1, -0.05) is 6.07 Å².